The van der Waals surface area contributed by atoms with Gasteiger partial charge in [0, 0.05) is 16.1 Å². The summed E-state index contributed by atoms with van der Waals surface area (Å²) in [6.45, 7) is 4.00. The highest BCUT2D eigenvalue weighted by Crippen LogP contribution is 2.20. The Morgan fingerprint density at radius 3 is 2.54 bits per heavy atom. The van der Waals surface area contributed by atoms with Gasteiger partial charge in [-0.05, 0) is 18.2 Å². The van der Waals surface area contributed by atoms with Gasteiger partial charge in [-0.3, -0.25) is 4.98 Å². The van der Waals surface area contributed by atoms with Gasteiger partial charge in [0.1, 0.15) is 0 Å². The summed E-state index contributed by atoms with van der Waals surface area (Å²) < 4.78 is 1.10. The van der Waals surface area contributed by atoms with Crippen molar-refractivity contribution in [3.63, 3.8) is 0 Å². The second-order valence-corrected chi connectivity index (χ2v) is 3.16. The molecule has 1 aromatic carbocycles. The first-order valence-corrected chi connectivity index (χ1v) is 5.16. The number of hydrogen-bond acceptors (Lipinski definition) is 1. The van der Waals surface area contributed by atoms with Crippen LogP contribution in [0.15, 0.2) is 41.0 Å². The third kappa shape index (κ3) is 2.28. The lowest BCUT2D eigenvalue weighted by molar-refractivity contribution is 1.41. The Kier molecular flexibility index (Phi) is 3.90. The molecular weight excluding hydrogens is 226 g/mol. The molecule has 0 bridgehead atoms. The molecule has 1 aromatic heterocycles. The molecule has 2 rings (SSSR count). The Labute approximate surface area is 86.9 Å². The van der Waals surface area contributed by atoms with Crippen LogP contribution in [0.4, 0.5) is 0 Å². The molecule has 0 fully saturated rings. The molecule has 0 saturated carbocycles. The number of hydrogen-bond donors (Lipinski definition) is 0. The van der Waals surface area contributed by atoms with Gasteiger partial charge in [0.05, 0.1) is 5.52 Å². The van der Waals surface area contributed by atoms with E-state index < -0.39 is 0 Å². The summed E-state index contributed by atoms with van der Waals surface area (Å²) in [7, 11) is 0. The van der Waals surface area contributed by atoms with Gasteiger partial charge in [-0.25, -0.2) is 0 Å². The molecule has 0 atom stereocenters. The van der Waals surface area contributed by atoms with Crippen LogP contribution in [0.25, 0.3) is 10.9 Å². The van der Waals surface area contributed by atoms with Crippen molar-refractivity contribution in [2.45, 2.75) is 13.8 Å². The van der Waals surface area contributed by atoms with Gasteiger partial charge in [-0.1, -0.05) is 41.9 Å². The van der Waals surface area contributed by atoms with Crippen molar-refractivity contribution in [1.29, 1.82) is 0 Å². The van der Waals surface area contributed by atoms with Gasteiger partial charge in [0.2, 0.25) is 0 Å². The van der Waals surface area contributed by atoms with E-state index in [1.165, 1.54) is 0 Å². The second-order valence-electron chi connectivity index (χ2n) is 2.31. The molecule has 0 radical (unpaired) electrons. The fourth-order valence-electron chi connectivity index (χ4n) is 1.07. The second kappa shape index (κ2) is 4.97. The van der Waals surface area contributed by atoms with Crippen LogP contribution in [-0.2, 0) is 0 Å². The molecule has 0 amide bonds. The quantitative estimate of drug-likeness (QED) is 0.675. The Morgan fingerprint density at radius 1 is 1.08 bits per heavy atom. The molecule has 0 aliphatic rings. The van der Waals surface area contributed by atoms with Crippen molar-refractivity contribution in [1.82, 2.24) is 4.98 Å². The Balaban J connectivity index is 0.000000396. The van der Waals surface area contributed by atoms with Crippen LogP contribution in [0, 0.1) is 0 Å². The van der Waals surface area contributed by atoms with Crippen LogP contribution < -0.4 is 0 Å². The van der Waals surface area contributed by atoms with Gasteiger partial charge in [-0.15, -0.1) is 0 Å². The molecule has 2 heteroatoms. The average molecular weight is 238 g/mol. The van der Waals surface area contributed by atoms with Crippen molar-refractivity contribution in [2.75, 3.05) is 0 Å². The molecule has 0 spiro atoms. The van der Waals surface area contributed by atoms with Crippen molar-refractivity contribution in [2.24, 2.45) is 0 Å². The average Bonchev–Trinajstić information content (AvgIpc) is 2.22. The van der Waals surface area contributed by atoms with Crippen LogP contribution >= 0.6 is 15.9 Å². The zero-order valence-electron chi connectivity index (χ0n) is 7.79. The molecule has 1 heterocycles. The van der Waals surface area contributed by atoms with E-state index in [1.54, 1.807) is 6.20 Å². The minimum atomic E-state index is 1.03. The smallest absolute Gasteiger partial charge is 0.0713 e. The fraction of sp³-hybridized carbons (Fsp3) is 0.182. The molecule has 1 nitrogen and oxygen atoms in total. The Bertz CT molecular complexity index is 379. The van der Waals surface area contributed by atoms with E-state index in [0.29, 0.717) is 0 Å². The number of aromatic nitrogens is 1. The first-order chi connectivity index (χ1) is 6.38. The minimum Gasteiger partial charge on any atom is -0.256 e. The van der Waals surface area contributed by atoms with Crippen LogP contribution in [0.5, 0.6) is 0 Å². The third-order valence-electron chi connectivity index (χ3n) is 1.59. The van der Waals surface area contributed by atoms with E-state index >= 15 is 0 Å². The van der Waals surface area contributed by atoms with E-state index in [4.69, 9.17) is 0 Å². The first-order valence-electron chi connectivity index (χ1n) is 4.37. The lowest BCUT2D eigenvalue weighted by Gasteiger charge is -1.96. The van der Waals surface area contributed by atoms with Gasteiger partial charge < -0.3 is 0 Å². The Hall–Kier alpha value is -0.890. The maximum atomic E-state index is 4.21. The van der Waals surface area contributed by atoms with Crippen molar-refractivity contribution < 1.29 is 0 Å². The third-order valence-corrected chi connectivity index (χ3v) is 2.28. The number of fused-ring (bicyclic) bond motifs is 1. The molecule has 0 aliphatic heterocycles. The molecule has 2 aromatic rings. The summed E-state index contributed by atoms with van der Waals surface area (Å²) in [4.78, 5) is 4.21. The monoisotopic (exact) mass is 237 g/mol. The molecule has 0 unspecified atom stereocenters. The predicted octanol–water partition coefficient (Wildman–Crippen LogP) is 4.02. The van der Waals surface area contributed by atoms with E-state index in [9.17, 15) is 0 Å². The van der Waals surface area contributed by atoms with Gasteiger partial charge in [0.15, 0.2) is 0 Å². The lowest BCUT2D eigenvalue weighted by atomic mass is 10.2. The predicted molar refractivity (Wildman–Crippen MR) is 60.8 cm³/mol. The molecule has 13 heavy (non-hydrogen) atoms. The van der Waals surface area contributed by atoms with Gasteiger partial charge in [0.25, 0.3) is 0 Å². The summed E-state index contributed by atoms with van der Waals surface area (Å²) in [6.07, 6.45) is 1.80. The van der Waals surface area contributed by atoms with Crippen LogP contribution in [-0.4, -0.2) is 4.98 Å². The highest BCUT2D eigenvalue weighted by Gasteiger charge is 1.94. The van der Waals surface area contributed by atoms with E-state index in [-0.39, 0.29) is 0 Å². The zero-order valence-corrected chi connectivity index (χ0v) is 9.38. The topological polar surface area (TPSA) is 12.9 Å². The molecule has 0 saturated heterocycles. The van der Waals surface area contributed by atoms with E-state index in [0.717, 1.165) is 15.4 Å². The number of pyridine rings is 1. The summed E-state index contributed by atoms with van der Waals surface area (Å²) in [5, 5.41) is 1.16. The van der Waals surface area contributed by atoms with Crippen LogP contribution in [0.2, 0.25) is 0 Å². The highest BCUT2D eigenvalue weighted by atomic mass is 79.9. The van der Waals surface area contributed by atoms with E-state index in [1.807, 2.05) is 44.2 Å². The number of nitrogens with zero attached hydrogens (tertiary/aromatic N) is 1. The van der Waals surface area contributed by atoms with Gasteiger partial charge in [-0.2, -0.15) is 0 Å². The minimum absolute atomic E-state index is 1.03. The molecule has 0 N–H and O–H groups in total. The Morgan fingerprint density at radius 2 is 1.85 bits per heavy atom. The number of halogens is 1. The van der Waals surface area contributed by atoms with Crippen molar-refractivity contribution in [3.05, 3.63) is 41.0 Å². The SMILES string of the molecule is Brc1cccc2ncccc12.CC. The van der Waals surface area contributed by atoms with Crippen molar-refractivity contribution in [3.8, 4) is 0 Å². The lowest BCUT2D eigenvalue weighted by Crippen LogP contribution is -1.76. The standard InChI is InChI=1S/C9H6BrN.C2H6/c10-8-4-1-5-9-7(8)3-2-6-11-9;1-2/h1-6H;1-2H3. The summed E-state index contributed by atoms with van der Waals surface area (Å²) >= 11 is 3.46. The van der Waals surface area contributed by atoms with Gasteiger partial charge >= 0.3 is 0 Å². The first kappa shape index (κ1) is 10.2. The highest BCUT2D eigenvalue weighted by molar-refractivity contribution is 9.10. The summed E-state index contributed by atoms with van der Waals surface area (Å²) in [5.74, 6) is 0. The zero-order chi connectivity index (χ0) is 9.68. The summed E-state index contributed by atoms with van der Waals surface area (Å²) in [6, 6.07) is 9.99. The van der Waals surface area contributed by atoms with Crippen LogP contribution in [0.3, 0.4) is 0 Å². The maximum Gasteiger partial charge on any atom is 0.0713 e. The fourth-order valence-corrected chi connectivity index (χ4v) is 1.55. The molecule has 0 aliphatic carbocycles. The normalized spacial score (nSPS) is 9.15. The maximum absolute atomic E-state index is 4.21. The number of benzene rings is 1. The largest absolute Gasteiger partial charge is 0.256 e. The van der Waals surface area contributed by atoms with Crippen molar-refractivity contribution >= 4 is 26.8 Å². The van der Waals surface area contributed by atoms with Crippen LogP contribution in [0.1, 0.15) is 13.8 Å². The molecular formula is C11H12BrN. The number of rotatable bonds is 0. The van der Waals surface area contributed by atoms with E-state index in [2.05, 4.69) is 20.9 Å². The summed E-state index contributed by atoms with van der Waals surface area (Å²) in [5.41, 5.74) is 1.03. The molecule has 68 valence electrons.